The van der Waals surface area contributed by atoms with Gasteiger partial charge in [-0.15, -0.1) is 0 Å². The summed E-state index contributed by atoms with van der Waals surface area (Å²) in [5.41, 5.74) is 0.615. The van der Waals surface area contributed by atoms with Gasteiger partial charge in [-0.05, 0) is 42.7 Å². The van der Waals surface area contributed by atoms with Crippen molar-refractivity contribution in [2.45, 2.75) is 31.7 Å². The summed E-state index contributed by atoms with van der Waals surface area (Å²) >= 11 is 0. The lowest BCUT2D eigenvalue weighted by Crippen LogP contribution is -2.62. The average Bonchev–Trinajstić information content (AvgIpc) is 2.91. The summed E-state index contributed by atoms with van der Waals surface area (Å²) < 4.78 is 5.40. The molecule has 2 aromatic rings. The molecule has 5 amide bonds. The van der Waals surface area contributed by atoms with Gasteiger partial charge in [0.05, 0.1) is 11.5 Å². The minimum atomic E-state index is -1.62. The highest BCUT2D eigenvalue weighted by molar-refractivity contribution is 6.47. The van der Waals surface area contributed by atoms with Crippen LogP contribution in [0, 0.1) is 0 Å². The van der Waals surface area contributed by atoms with Crippen LogP contribution in [0.1, 0.15) is 28.4 Å². The maximum Gasteiger partial charge on any atom is 0.547 e. The van der Waals surface area contributed by atoms with Gasteiger partial charge >= 0.3 is 30.9 Å². The van der Waals surface area contributed by atoms with Crippen LogP contribution >= 0.6 is 0 Å². The van der Waals surface area contributed by atoms with Crippen LogP contribution in [0.2, 0.25) is 0 Å². The van der Waals surface area contributed by atoms with Crippen molar-refractivity contribution in [3.8, 4) is 17.2 Å². The molecule has 0 aliphatic carbocycles. The van der Waals surface area contributed by atoms with Crippen LogP contribution in [0.3, 0.4) is 0 Å². The smallest absolute Gasteiger partial charge is 0.534 e. The Morgan fingerprint density at radius 2 is 1.85 bits per heavy atom. The van der Waals surface area contributed by atoms with Gasteiger partial charge in [0.1, 0.15) is 11.8 Å². The molecule has 0 saturated carbocycles. The highest BCUT2D eigenvalue weighted by atomic mass is 16.5. The van der Waals surface area contributed by atoms with Crippen molar-refractivity contribution in [1.82, 2.24) is 20.4 Å². The third kappa shape index (κ3) is 5.78. The Hall–Kier alpha value is -4.79. The molecule has 2 aromatic carbocycles. The van der Waals surface area contributed by atoms with Gasteiger partial charge in [0, 0.05) is 26.1 Å². The molecular weight excluding hydrogens is 527 g/mol. The number of nitrogens with zero attached hydrogens (tertiary/aromatic N) is 2. The Kier molecular flexibility index (Phi) is 8.14. The highest BCUT2D eigenvalue weighted by Gasteiger charge is 2.40. The predicted octanol–water partition coefficient (Wildman–Crippen LogP) is -0.753. The number of hydrogen-bond donors (Lipinski definition) is 6. The fraction of sp³-hybridized carbons (Fsp3) is 0.320. The number of phenolic OH excluding ortho intramolecular Hbond substituents is 2. The number of phenols is 2. The molecule has 210 valence electrons. The van der Waals surface area contributed by atoms with Gasteiger partial charge in [-0.3, -0.25) is 19.3 Å². The van der Waals surface area contributed by atoms with E-state index < -0.39 is 60.3 Å². The molecule has 0 radical (unpaired) electrons. The molecule has 15 heteroatoms. The number of para-hydroxylation sites is 1. The van der Waals surface area contributed by atoms with Crippen molar-refractivity contribution in [2.24, 2.45) is 0 Å². The lowest BCUT2D eigenvalue weighted by Gasteiger charge is -2.33. The van der Waals surface area contributed by atoms with Crippen molar-refractivity contribution in [3.63, 3.8) is 0 Å². The van der Waals surface area contributed by atoms with Crippen molar-refractivity contribution in [1.29, 1.82) is 0 Å². The second kappa shape index (κ2) is 11.5. The highest BCUT2D eigenvalue weighted by Crippen LogP contribution is 2.30. The molecule has 0 spiro atoms. The quantitative estimate of drug-likeness (QED) is 0.143. The average molecular weight is 554 g/mol. The van der Waals surface area contributed by atoms with Crippen LogP contribution in [-0.4, -0.2) is 98.6 Å². The summed E-state index contributed by atoms with van der Waals surface area (Å²) in [4.78, 5) is 64.7. The van der Waals surface area contributed by atoms with Gasteiger partial charge in [0.2, 0.25) is 5.91 Å². The van der Waals surface area contributed by atoms with E-state index in [9.17, 15) is 44.3 Å². The zero-order valence-corrected chi connectivity index (χ0v) is 21.4. The monoisotopic (exact) mass is 554 g/mol. The maximum atomic E-state index is 13.4. The normalized spacial score (nSPS) is 17.6. The van der Waals surface area contributed by atoms with Crippen LogP contribution < -0.4 is 15.3 Å². The first-order valence-electron chi connectivity index (χ1n) is 12.4. The molecule has 6 N–H and O–H groups in total. The van der Waals surface area contributed by atoms with E-state index in [1.165, 1.54) is 35.2 Å². The van der Waals surface area contributed by atoms with Crippen LogP contribution in [0.5, 0.6) is 17.2 Å². The number of imide groups is 1. The van der Waals surface area contributed by atoms with Crippen LogP contribution in [0.15, 0.2) is 36.4 Å². The summed E-state index contributed by atoms with van der Waals surface area (Å²) in [6.45, 7) is 2.02. The van der Waals surface area contributed by atoms with Crippen LogP contribution in [0.4, 0.5) is 4.79 Å². The summed E-state index contributed by atoms with van der Waals surface area (Å²) in [6, 6.07) is 5.86. The zero-order valence-electron chi connectivity index (χ0n) is 21.4. The second-order valence-corrected chi connectivity index (χ2v) is 9.30. The van der Waals surface area contributed by atoms with Gasteiger partial charge < -0.3 is 40.5 Å². The Labute approximate surface area is 228 Å². The number of rotatable bonds is 7. The third-order valence-electron chi connectivity index (χ3n) is 6.71. The molecule has 1 fully saturated rings. The van der Waals surface area contributed by atoms with E-state index in [2.05, 4.69) is 10.6 Å². The van der Waals surface area contributed by atoms with E-state index in [1.807, 2.05) is 0 Å². The second-order valence-electron chi connectivity index (χ2n) is 9.30. The van der Waals surface area contributed by atoms with Crippen molar-refractivity contribution < 1.29 is 49.0 Å². The van der Waals surface area contributed by atoms with E-state index in [0.29, 0.717) is 16.0 Å². The summed E-state index contributed by atoms with van der Waals surface area (Å²) in [5, 5.41) is 44.4. The molecule has 4 rings (SSSR count). The number of fused-ring (bicyclic) bond motifs is 1. The minimum absolute atomic E-state index is 0.00991. The van der Waals surface area contributed by atoms with E-state index in [0.717, 1.165) is 0 Å². The number of piperazine rings is 1. The minimum Gasteiger partial charge on any atom is -0.534 e. The van der Waals surface area contributed by atoms with E-state index in [-0.39, 0.29) is 43.8 Å². The number of amides is 5. The van der Waals surface area contributed by atoms with E-state index in [1.54, 1.807) is 13.0 Å². The molecule has 2 aliphatic rings. The molecule has 14 nitrogen and oxygen atoms in total. The SMILES string of the molecule is CCN1CCN(C(=O)NC(Cc2ccc(O)c(O)c2)C(=O)N[C@H]2Cc3cccc(C(=O)O)c3OB2O)C(=O)C1=O. The number of urea groups is 1. The lowest BCUT2D eigenvalue weighted by atomic mass is 9.72. The predicted molar refractivity (Wildman–Crippen MR) is 137 cm³/mol. The number of carboxylic acids is 1. The van der Waals surface area contributed by atoms with Crippen LogP contribution in [0.25, 0.3) is 0 Å². The first-order chi connectivity index (χ1) is 19.0. The molecule has 0 bridgehead atoms. The van der Waals surface area contributed by atoms with Crippen LogP contribution in [-0.2, 0) is 27.2 Å². The molecule has 2 heterocycles. The largest absolute Gasteiger partial charge is 0.547 e. The fourth-order valence-electron chi connectivity index (χ4n) is 4.54. The number of benzene rings is 2. The number of aromatic hydroxyl groups is 2. The lowest BCUT2D eigenvalue weighted by molar-refractivity contribution is -0.153. The van der Waals surface area contributed by atoms with Gasteiger partial charge in [-0.2, -0.15) is 0 Å². The molecular formula is C25H27BN4O10. The Balaban J connectivity index is 1.54. The Morgan fingerprint density at radius 1 is 1.10 bits per heavy atom. The molecule has 2 aliphatic heterocycles. The molecule has 0 aromatic heterocycles. The van der Waals surface area contributed by atoms with Crippen molar-refractivity contribution in [3.05, 3.63) is 53.1 Å². The third-order valence-corrected chi connectivity index (χ3v) is 6.71. The number of carbonyl (C=O) groups excluding carboxylic acids is 4. The zero-order chi connectivity index (χ0) is 29.1. The van der Waals surface area contributed by atoms with Gasteiger partial charge in [-0.25, -0.2) is 9.59 Å². The Bertz CT molecular complexity index is 1370. The van der Waals surface area contributed by atoms with E-state index in [4.69, 9.17) is 4.65 Å². The number of nitrogens with one attached hydrogen (secondary N) is 2. The number of carboxylic acid groups (broad SMARTS) is 1. The van der Waals surface area contributed by atoms with Gasteiger partial charge in [-0.1, -0.05) is 18.2 Å². The standard InChI is InChI=1S/C25H27BN4O10/c1-2-29-8-9-30(23(35)22(29)34)25(38)27-16(10-13-6-7-17(31)18(32)11-13)21(33)28-19-12-14-4-3-5-15(24(36)37)20(14)40-26(19)39/h3-7,11,16,19,31-32,39H,2,8-10,12H2,1H3,(H,27,38)(H,28,33)(H,36,37)/t16?,19-/m0/s1. The van der Waals surface area contributed by atoms with Crippen molar-refractivity contribution >= 4 is 36.8 Å². The number of aromatic carboxylic acids is 1. The number of hydrogen-bond acceptors (Lipinski definition) is 9. The van der Waals surface area contributed by atoms with E-state index >= 15 is 0 Å². The molecule has 2 atom stereocenters. The number of carbonyl (C=O) groups is 5. The summed E-state index contributed by atoms with van der Waals surface area (Å²) in [7, 11) is -1.62. The molecule has 1 unspecified atom stereocenters. The topological polar surface area (TPSA) is 206 Å². The first-order valence-corrected chi connectivity index (χ1v) is 12.4. The van der Waals surface area contributed by atoms with Gasteiger partial charge in [0.15, 0.2) is 11.5 Å². The van der Waals surface area contributed by atoms with Gasteiger partial charge in [0.25, 0.3) is 0 Å². The van der Waals surface area contributed by atoms with Crippen molar-refractivity contribution in [2.75, 3.05) is 19.6 Å². The summed E-state index contributed by atoms with van der Waals surface area (Å²) in [5.74, 6) is -5.85. The molecule has 1 saturated heterocycles. The maximum absolute atomic E-state index is 13.4. The summed E-state index contributed by atoms with van der Waals surface area (Å²) in [6.07, 6.45) is -0.193. The first kappa shape index (κ1) is 28.2. The number of likely N-dealkylation sites (N-methyl/N-ethyl adjacent to an activating group) is 1. The molecule has 40 heavy (non-hydrogen) atoms. The Morgan fingerprint density at radius 3 is 2.52 bits per heavy atom. The fourth-order valence-corrected chi connectivity index (χ4v) is 4.54.